The van der Waals surface area contributed by atoms with Crippen molar-refractivity contribution in [2.45, 2.75) is 38.7 Å². The standard InChI is InChI=1S/C23H27N3O6/c1-13-19(22(27)28)21(16-5-4-6-17(11-16)26(30)31)20(14(2)24(13)3)23(29)32-18-12-25-9-7-15(18)8-10-25/h4-6,11,15,18,21H,7-10,12H2,1-3H3,(H,27,28)/t18-,21-/m0/s1. The minimum Gasteiger partial charge on any atom is -0.478 e. The molecular formula is C23H27N3O6. The topological polar surface area (TPSA) is 113 Å². The molecular weight excluding hydrogens is 414 g/mol. The van der Waals surface area contributed by atoms with E-state index in [1.807, 2.05) is 0 Å². The van der Waals surface area contributed by atoms with Crippen molar-refractivity contribution in [3.05, 3.63) is 62.5 Å². The first-order valence-electron chi connectivity index (χ1n) is 10.7. The summed E-state index contributed by atoms with van der Waals surface area (Å²) in [6, 6.07) is 5.80. The van der Waals surface area contributed by atoms with E-state index in [9.17, 15) is 24.8 Å². The fraction of sp³-hybridized carbons (Fsp3) is 0.478. The molecule has 9 heteroatoms. The highest BCUT2D eigenvalue weighted by molar-refractivity contribution is 5.99. The highest BCUT2D eigenvalue weighted by Gasteiger charge is 2.42. The number of carboxylic acids is 1. The Morgan fingerprint density at radius 3 is 2.38 bits per heavy atom. The number of benzene rings is 1. The van der Waals surface area contributed by atoms with E-state index < -0.39 is 22.8 Å². The van der Waals surface area contributed by atoms with E-state index in [4.69, 9.17) is 4.74 Å². The van der Waals surface area contributed by atoms with Crippen LogP contribution in [0, 0.1) is 16.0 Å². The molecule has 0 saturated carbocycles. The molecule has 0 aromatic heterocycles. The molecule has 2 bridgehead atoms. The molecule has 2 atom stereocenters. The molecule has 0 spiro atoms. The number of nitro groups is 1. The molecule has 0 radical (unpaired) electrons. The fourth-order valence-corrected chi connectivity index (χ4v) is 5.12. The van der Waals surface area contributed by atoms with Crippen LogP contribution < -0.4 is 0 Å². The lowest BCUT2D eigenvalue weighted by atomic mass is 9.79. The van der Waals surface area contributed by atoms with Crippen molar-refractivity contribution in [1.82, 2.24) is 9.80 Å². The number of non-ortho nitro benzene ring substituents is 1. The molecule has 1 N–H and O–H groups in total. The summed E-state index contributed by atoms with van der Waals surface area (Å²) in [6.45, 7) is 6.11. The van der Waals surface area contributed by atoms with Gasteiger partial charge in [0.1, 0.15) is 6.10 Å². The molecule has 9 nitrogen and oxygen atoms in total. The molecule has 5 rings (SSSR count). The van der Waals surface area contributed by atoms with Gasteiger partial charge in [-0.15, -0.1) is 0 Å². The van der Waals surface area contributed by atoms with E-state index in [-0.39, 0.29) is 22.9 Å². The van der Waals surface area contributed by atoms with E-state index in [0.29, 0.717) is 29.4 Å². The van der Waals surface area contributed by atoms with Crippen molar-refractivity contribution >= 4 is 17.6 Å². The van der Waals surface area contributed by atoms with Crippen LogP contribution in [-0.2, 0) is 14.3 Å². The van der Waals surface area contributed by atoms with Crippen LogP contribution >= 0.6 is 0 Å². The van der Waals surface area contributed by atoms with E-state index in [0.717, 1.165) is 25.9 Å². The zero-order chi connectivity index (χ0) is 23.2. The smallest absolute Gasteiger partial charge is 0.337 e. The second-order valence-corrected chi connectivity index (χ2v) is 8.73. The minimum absolute atomic E-state index is 0.0134. The quantitative estimate of drug-likeness (QED) is 0.422. The number of piperidine rings is 3. The van der Waals surface area contributed by atoms with Crippen molar-refractivity contribution < 1.29 is 24.4 Å². The largest absolute Gasteiger partial charge is 0.478 e. The number of hydrogen-bond acceptors (Lipinski definition) is 7. The van der Waals surface area contributed by atoms with Gasteiger partial charge in [0.15, 0.2) is 0 Å². The van der Waals surface area contributed by atoms with Gasteiger partial charge >= 0.3 is 11.9 Å². The van der Waals surface area contributed by atoms with Gasteiger partial charge in [-0.1, -0.05) is 12.1 Å². The number of aliphatic carboxylic acids is 1. The van der Waals surface area contributed by atoms with E-state index in [1.165, 1.54) is 18.2 Å². The first-order valence-corrected chi connectivity index (χ1v) is 10.7. The molecule has 1 aromatic rings. The van der Waals surface area contributed by atoms with E-state index in [2.05, 4.69) is 4.90 Å². The van der Waals surface area contributed by atoms with Crippen molar-refractivity contribution in [3.8, 4) is 0 Å². The van der Waals surface area contributed by atoms with Gasteiger partial charge in [0.05, 0.1) is 22.0 Å². The van der Waals surface area contributed by atoms with Crippen LogP contribution in [0.25, 0.3) is 0 Å². The van der Waals surface area contributed by atoms with Crippen LogP contribution in [0.5, 0.6) is 0 Å². The predicted octanol–water partition coefficient (Wildman–Crippen LogP) is 2.89. The average molecular weight is 441 g/mol. The third kappa shape index (κ3) is 3.77. The minimum atomic E-state index is -1.17. The summed E-state index contributed by atoms with van der Waals surface area (Å²) in [5, 5.41) is 21.4. The second kappa shape index (κ2) is 8.38. The van der Waals surface area contributed by atoms with E-state index >= 15 is 0 Å². The van der Waals surface area contributed by atoms with Crippen LogP contribution in [0.2, 0.25) is 0 Å². The Morgan fingerprint density at radius 1 is 1.16 bits per heavy atom. The summed E-state index contributed by atoms with van der Waals surface area (Å²) in [4.78, 5) is 40.5. The highest BCUT2D eigenvalue weighted by Crippen LogP contribution is 2.43. The molecule has 1 aromatic carbocycles. The highest BCUT2D eigenvalue weighted by atomic mass is 16.6. The normalized spacial score (nSPS) is 27.5. The number of ether oxygens (including phenoxy) is 1. The maximum absolute atomic E-state index is 13.5. The number of hydrogen-bond donors (Lipinski definition) is 1. The summed E-state index contributed by atoms with van der Waals surface area (Å²) < 4.78 is 5.96. The van der Waals surface area contributed by atoms with Gasteiger partial charge in [0, 0.05) is 37.1 Å². The van der Waals surface area contributed by atoms with E-state index in [1.54, 1.807) is 31.9 Å². The van der Waals surface area contributed by atoms with Gasteiger partial charge in [-0.05, 0) is 51.3 Å². The van der Waals surface area contributed by atoms with Crippen LogP contribution in [0.4, 0.5) is 5.69 Å². The Bertz CT molecular complexity index is 1040. The molecule has 0 unspecified atom stereocenters. The van der Waals surface area contributed by atoms with Crippen LogP contribution in [0.15, 0.2) is 46.8 Å². The Hall–Kier alpha value is -3.20. The Kier molecular flexibility index (Phi) is 5.77. The number of allylic oxidation sites excluding steroid dienone is 2. The number of carbonyl (C=O) groups excluding carboxylic acids is 1. The third-order valence-corrected chi connectivity index (χ3v) is 7.08. The zero-order valence-electron chi connectivity index (χ0n) is 18.4. The van der Waals surface area contributed by atoms with Gasteiger partial charge in [-0.2, -0.15) is 0 Å². The Labute approximate surface area is 186 Å². The molecule has 4 aliphatic heterocycles. The predicted molar refractivity (Wildman–Crippen MR) is 116 cm³/mol. The first kappa shape index (κ1) is 22.0. The van der Waals surface area contributed by atoms with Crippen LogP contribution in [-0.4, -0.2) is 64.6 Å². The Balaban J connectivity index is 1.77. The lowest BCUT2D eigenvalue weighted by Crippen LogP contribution is -2.52. The van der Waals surface area contributed by atoms with Gasteiger partial charge in [-0.3, -0.25) is 15.0 Å². The molecule has 32 heavy (non-hydrogen) atoms. The number of nitro benzene ring substituents is 1. The fourth-order valence-electron chi connectivity index (χ4n) is 5.12. The molecule has 4 heterocycles. The van der Waals surface area contributed by atoms with Crippen LogP contribution in [0.3, 0.4) is 0 Å². The van der Waals surface area contributed by atoms with Gasteiger partial charge in [-0.25, -0.2) is 9.59 Å². The lowest BCUT2D eigenvalue weighted by Gasteiger charge is -2.44. The number of carbonyl (C=O) groups is 2. The maximum atomic E-state index is 13.5. The summed E-state index contributed by atoms with van der Waals surface area (Å²) in [5.41, 5.74) is 1.50. The third-order valence-electron chi connectivity index (χ3n) is 7.08. The van der Waals surface area contributed by atoms with Crippen molar-refractivity contribution in [2.75, 3.05) is 26.7 Å². The lowest BCUT2D eigenvalue weighted by molar-refractivity contribution is -0.384. The summed E-state index contributed by atoms with van der Waals surface area (Å²) in [7, 11) is 1.71. The number of esters is 1. The summed E-state index contributed by atoms with van der Waals surface area (Å²) in [5.74, 6) is -2.39. The number of carboxylic acid groups (broad SMARTS) is 1. The van der Waals surface area contributed by atoms with Gasteiger partial charge < -0.3 is 14.7 Å². The summed E-state index contributed by atoms with van der Waals surface area (Å²) in [6.07, 6.45) is 1.72. The number of rotatable bonds is 5. The van der Waals surface area contributed by atoms with Crippen molar-refractivity contribution in [2.24, 2.45) is 5.92 Å². The second-order valence-electron chi connectivity index (χ2n) is 8.73. The molecule has 4 aliphatic rings. The molecule has 170 valence electrons. The van der Waals surface area contributed by atoms with Gasteiger partial charge in [0.2, 0.25) is 0 Å². The Morgan fingerprint density at radius 2 is 1.81 bits per heavy atom. The molecule has 0 aliphatic carbocycles. The molecule has 0 amide bonds. The van der Waals surface area contributed by atoms with Gasteiger partial charge in [0.25, 0.3) is 5.69 Å². The number of nitrogens with zero attached hydrogens (tertiary/aromatic N) is 3. The molecule has 3 fully saturated rings. The average Bonchev–Trinajstić information content (AvgIpc) is 2.77. The zero-order valence-corrected chi connectivity index (χ0v) is 18.4. The van der Waals surface area contributed by atoms with Crippen LogP contribution in [0.1, 0.15) is 38.2 Å². The van der Waals surface area contributed by atoms with Crippen molar-refractivity contribution in [3.63, 3.8) is 0 Å². The monoisotopic (exact) mass is 441 g/mol. The SMILES string of the molecule is CC1=C(C(=O)O)[C@H](c2cccc([N+](=O)[O-])c2)C(C(=O)O[C@H]2CN3CCC2CC3)=C(C)N1C. The maximum Gasteiger partial charge on any atom is 0.337 e. The summed E-state index contributed by atoms with van der Waals surface area (Å²) >= 11 is 0. The number of fused-ring (bicyclic) bond motifs is 3. The molecule has 3 saturated heterocycles. The first-order chi connectivity index (χ1) is 15.2. The van der Waals surface area contributed by atoms with Crippen molar-refractivity contribution in [1.29, 1.82) is 0 Å².